The lowest BCUT2D eigenvalue weighted by atomic mass is 9.93. The average Bonchev–Trinajstić information content (AvgIpc) is 3.28. The van der Waals surface area contributed by atoms with Gasteiger partial charge in [-0.3, -0.25) is 9.69 Å². The molecular formula is C26H33F3N2O2. The molecule has 1 heterocycles. The minimum Gasteiger partial charge on any atom is -0.455 e. The highest BCUT2D eigenvalue weighted by molar-refractivity contribution is 5.91. The van der Waals surface area contributed by atoms with E-state index in [-0.39, 0.29) is 18.0 Å². The number of amides is 1. The highest BCUT2D eigenvalue weighted by Crippen LogP contribution is 2.31. The van der Waals surface area contributed by atoms with Gasteiger partial charge < -0.3 is 9.73 Å². The lowest BCUT2D eigenvalue weighted by molar-refractivity contribution is -0.137. The first-order valence-electron chi connectivity index (χ1n) is 12.2. The highest BCUT2D eigenvalue weighted by Gasteiger charge is 2.31. The second-order valence-corrected chi connectivity index (χ2v) is 9.47. The number of nitrogens with zero attached hydrogens (tertiary/aromatic N) is 1. The Kier molecular flexibility index (Phi) is 7.78. The van der Waals surface area contributed by atoms with Crippen LogP contribution in [0.25, 0.3) is 0 Å². The molecule has 1 N–H and O–H groups in total. The molecule has 2 fully saturated rings. The van der Waals surface area contributed by atoms with Gasteiger partial charge in [-0.1, -0.05) is 56.7 Å². The van der Waals surface area contributed by atoms with Gasteiger partial charge in [0.15, 0.2) is 5.76 Å². The molecule has 0 bridgehead atoms. The molecule has 0 aliphatic heterocycles. The summed E-state index contributed by atoms with van der Waals surface area (Å²) in [5, 5.41) is 3.07. The monoisotopic (exact) mass is 462 g/mol. The van der Waals surface area contributed by atoms with Gasteiger partial charge in [-0.15, -0.1) is 0 Å². The van der Waals surface area contributed by atoms with Gasteiger partial charge >= 0.3 is 6.18 Å². The number of hydrogen-bond donors (Lipinski definition) is 1. The number of hydrogen-bond acceptors (Lipinski definition) is 3. The van der Waals surface area contributed by atoms with Gasteiger partial charge in [0.05, 0.1) is 12.1 Å². The molecule has 1 amide bonds. The van der Waals surface area contributed by atoms with Crippen molar-refractivity contribution in [2.24, 2.45) is 0 Å². The second kappa shape index (κ2) is 10.8. The third kappa shape index (κ3) is 6.62. The predicted molar refractivity (Wildman–Crippen MR) is 121 cm³/mol. The van der Waals surface area contributed by atoms with Gasteiger partial charge in [-0.05, 0) is 49.4 Å². The van der Waals surface area contributed by atoms with Gasteiger partial charge in [0.1, 0.15) is 5.76 Å². The van der Waals surface area contributed by atoms with E-state index in [2.05, 4.69) is 10.2 Å². The van der Waals surface area contributed by atoms with Crippen LogP contribution >= 0.6 is 0 Å². The Morgan fingerprint density at radius 2 is 1.64 bits per heavy atom. The Bertz CT molecular complexity index is 912. The predicted octanol–water partition coefficient (Wildman–Crippen LogP) is 6.70. The maximum atomic E-state index is 13.2. The van der Waals surface area contributed by atoms with Crippen LogP contribution in [0.3, 0.4) is 0 Å². The standard InChI is InChI=1S/C26H33F3N2O2/c27-26(28,29)20-9-7-8-19(16-20)17-31(22-12-5-2-6-13-22)18-23-14-15-24(33-23)25(32)30-21-10-3-1-4-11-21/h7-9,14-16,21-22H,1-6,10-13,17-18H2,(H,30,32). The van der Waals surface area contributed by atoms with E-state index in [4.69, 9.17) is 4.42 Å². The van der Waals surface area contributed by atoms with E-state index < -0.39 is 11.7 Å². The minimum atomic E-state index is -4.35. The summed E-state index contributed by atoms with van der Waals surface area (Å²) >= 11 is 0. The maximum absolute atomic E-state index is 13.2. The summed E-state index contributed by atoms with van der Waals surface area (Å²) in [6, 6.07) is 9.58. The lowest BCUT2D eigenvalue weighted by Crippen LogP contribution is -2.36. The van der Waals surface area contributed by atoms with Crippen LogP contribution in [-0.4, -0.2) is 22.9 Å². The van der Waals surface area contributed by atoms with Crippen molar-refractivity contribution in [1.29, 1.82) is 0 Å². The van der Waals surface area contributed by atoms with Crippen LogP contribution in [0, 0.1) is 0 Å². The molecule has 0 atom stereocenters. The van der Waals surface area contributed by atoms with Gasteiger partial charge in [-0.2, -0.15) is 13.2 Å². The van der Waals surface area contributed by atoms with E-state index in [0.29, 0.717) is 30.2 Å². The quantitative estimate of drug-likeness (QED) is 0.498. The minimum absolute atomic E-state index is 0.185. The molecule has 7 heteroatoms. The third-order valence-electron chi connectivity index (χ3n) is 6.92. The van der Waals surface area contributed by atoms with Crippen molar-refractivity contribution in [3.05, 3.63) is 59.0 Å². The van der Waals surface area contributed by atoms with Gasteiger partial charge in [0, 0.05) is 18.6 Å². The van der Waals surface area contributed by atoms with Crippen molar-refractivity contribution in [3.63, 3.8) is 0 Å². The SMILES string of the molecule is O=C(NC1CCCCC1)c1ccc(CN(Cc2cccc(C(F)(F)F)c2)C2CCCCC2)o1. The smallest absolute Gasteiger partial charge is 0.416 e. The zero-order valence-electron chi connectivity index (χ0n) is 19.0. The summed E-state index contributed by atoms with van der Waals surface area (Å²) in [7, 11) is 0. The first-order chi connectivity index (χ1) is 15.9. The molecule has 2 aliphatic carbocycles. The van der Waals surface area contributed by atoms with Crippen molar-refractivity contribution in [1.82, 2.24) is 10.2 Å². The average molecular weight is 463 g/mol. The van der Waals surface area contributed by atoms with Crippen molar-refractivity contribution < 1.29 is 22.4 Å². The summed E-state index contributed by atoms with van der Waals surface area (Å²) in [6.07, 6.45) is 6.64. The Hall–Kier alpha value is -2.28. The van der Waals surface area contributed by atoms with E-state index in [1.54, 1.807) is 12.1 Å². The number of carbonyl (C=O) groups excluding carboxylic acids is 1. The largest absolute Gasteiger partial charge is 0.455 e. The van der Waals surface area contributed by atoms with Gasteiger partial charge in [0.2, 0.25) is 0 Å². The molecule has 1 aromatic carbocycles. The molecule has 2 aromatic rings. The first-order valence-corrected chi connectivity index (χ1v) is 12.2. The van der Waals surface area contributed by atoms with Crippen LogP contribution in [-0.2, 0) is 19.3 Å². The maximum Gasteiger partial charge on any atom is 0.416 e. The molecule has 0 radical (unpaired) electrons. The van der Waals surface area contributed by atoms with Gasteiger partial charge in [0.25, 0.3) is 5.91 Å². The molecule has 2 saturated carbocycles. The van der Waals surface area contributed by atoms with E-state index >= 15 is 0 Å². The second-order valence-electron chi connectivity index (χ2n) is 9.47. The number of alkyl halides is 3. The van der Waals surface area contributed by atoms with Crippen molar-refractivity contribution in [2.45, 2.75) is 95.6 Å². The summed E-state index contributed by atoms with van der Waals surface area (Å²) in [5.74, 6) is 0.787. The number of nitrogens with one attached hydrogen (secondary N) is 1. The van der Waals surface area contributed by atoms with Crippen LogP contribution in [0.15, 0.2) is 40.8 Å². The van der Waals surface area contributed by atoms with E-state index in [0.717, 1.165) is 57.4 Å². The topological polar surface area (TPSA) is 45.5 Å². The molecule has 4 nitrogen and oxygen atoms in total. The Balaban J connectivity index is 1.45. The van der Waals surface area contributed by atoms with Crippen LogP contribution in [0.4, 0.5) is 13.2 Å². The van der Waals surface area contributed by atoms with E-state index in [1.165, 1.54) is 25.0 Å². The summed E-state index contributed by atoms with van der Waals surface area (Å²) in [6.45, 7) is 0.885. The zero-order valence-corrected chi connectivity index (χ0v) is 19.0. The molecule has 0 unspecified atom stereocenters. The zero-order chi connectivity index (χ0) is 23.3. The van der Waals surface area contributed by atoms with E-state index in [9.17, 15) is 18.0 Å². The number of halogens is 3. The number of furan rings is 1. The molecule has 0 saturated heterocycles. The van der Waals surface area contributed by atoms with Crippen LogP contribution in [0.1, 0.15) is 91.7 Å². The molecule has 0 spiro atoms. The summed E-state index contributed by atoms with van der Waals surface area (Å²) in [5.41, 5.74) is 0.0143. The molecular weight excluding hydrogens is 429 g/mol. The fourth-order valence-corrected chi connectivity index (χ4v) is 5.13. The van der Waals surface area contributed by atoms with Crippen LogP contribution in [0.5, 0.6) is 0 Å². The summed E-state index contributed by atoms with van der Waals surface area (Å²) in [4.78, 5) is 14.8. The first kappa shape index (κ1) is 23.9. The van der Waals surface area contributed by atoms with Crippen molar-refractivity contribution >= 4 is 5.91 Å². The fourth-order valence-electron chi connectivity index (χ4n) is 5.13. The van der Waals surface area contributed by atoms with Crippen LogP contribution in [0.2, 0.25) is 0 Å². The van der Waals surface area contributed by atoms with Crippen LogP contribution < -0.4 is 5.32 Å². The number of benzene rings is 1. The molecule has 1 aromatic heterocycles. The Morgan fingerprint density at radius 1 is 0.939 bits per heavy atom. The number of rotatable bonds is 7. The molecule has 33 heavy (non-hydrogen) atoms. The van der Waals surface area contributed by atoms with Gasteiger partial charge in [-0.25, -0.2) is 0 Å². The molecule has 180 valence electrons. The van der Waals surface area contributed by atoms with E-state index in [1.807, 2.05) is 6.07 Å². The third-order valence-corrected chi connectivity index (χ3v) is 6.92. The van der Waals surface area contributed by atoms with Crippen molar-refractivity contribution in [3.8, 4) is 0 Å². The summed E-state index contributed by atoms with van der Waals surface area (Å²) < 4.78 is 45.5. The number of carbonyl (C=O) groups is 1. The highest BCUT2D eigenvalue weighted by atomic mass is 19.4. The molecule has 4 rings (SSSR count). The Labute approximate surface area is 193 Å². The molecule has 2 aliphatic rings. The van der Waals surface area contributed by atoms with Crippen molar-refractivity contribution in [2.75, 3.05) is 0 Å². The lowest BCUT2D eigenvalue weighted by Gasteiger charge is -2.34. The fraction of sp³-hybridized carbons (Fsp3) is 0.577. The normalized spacial score (nSPS) is 18.5. The Morgan fingerprint density at radius 3 is 2.33 bits per heavy atom.